The third-order valence-electron chi connectivity index (χ3n) is 9.87. The van der Waals surface area contributed by atoms with E-state index in [0.717, 1.165) is 17.1 Å². The average molecular weight is 650 g/mol. The second-order valence-corrected chi connectivity index (χ2v) is 12.9. The number of anilines is 3. The molecule has 9 rings (SSSR count). The fourth-order valence-electron chi connectivity index (χ4n) is 7.39. The third kappa shape index (κ3) is 5.86. The predicted octanol–water partition coefficient (Wildman–Crippen LogP) is 14.1. The average Bonchev–Trinajstić information content (AvgIpc) is 3.22. The monoisotopic (exact) mass is 649 g/mol. The second kappa shape index (κ2) is 13.3. The molecule has 9 aromatic carbocycles. The van der Waals surface area contributed by atoms with Crippen LogP contribution in [0.25, 0.3) is 66.1 Å². The van der Waals surface area contributed by atoms with Crippen molar-refractivity contribution in [1.29, 1.82) is 0 Å². The summed E-state index contributed by atoms with van der Waals surface area (Å²) in [5.41, 5.74) is 13.0. The van der Waals surface area contributed by atoms with Crippen LogP contribution in [0, 0.1) is 0 Å². The number of nitrogens with zero attached hydrogens (tertiary/aromatic N) is 1. The molecule has 0 unspecified atom stereocenters. The van der Waals surface area contributed by atoms with Gasteiger partial charge in [-0.3, -0.25) is 0 Å². The Labute approximate surface area is 299 Å². The normalized spacial score (nSPS) is 11.1. The minimum Gasteiger partial charge on any atom is -0.310 e. The van der Waals surface area contributed by atoms with Gasteiger partial charge in [-0.2, -0.15) is 0 Å². The largest absolute Gasteiger partial charge is 0.310 e. The van der Waals surface area contributed by atoms with Crippen molar-refractivity contribution in [1.82, 2.24) is 0 Å². The van der Waals surface area contributed by atoms with Gasteiger partial charge < -0.3 is 4.90 Å². The van der Waals surface area contributed by atoms with E-state index < -0.39 is 0 Å². The molecule has 1 nitrogen and oxygen atoms in total. The quantitative estimate of drug-likeness (QED) is 0.166. The highest BCUT2D eigenvalue weighted by Gasteiger charge is 2.17. The first-order chi connectivity index (χ1) is 25.3. The van der Waals surface area contributed by atoms with Gasteiger partial charge in [0.05, 0.1) is 0 Å². The SMILES string of the molecule is c1ccc(-c2ccc(N(c3ccc(-c4c(-c5ccccc5)ccc5ccccc45)cc3)c3cccc(-c4cccc5ccccc45)c3)cc2)cc1. The standard InChI is InChI=1S/C50H35N/c1-3-13-36(14-4-1)37-25-30-43(31-26-37)51(45-21-11-20-42(35-45)47-24-12-19-38-17-7-9-22-46(38)47)44-32-27-41(28-33-44)50-48-23-10-8-18-40(48)29-34-49(50)39-15-5-2-6-16-39/h1-35H. The summed E-state index contributed by atoms with van der Waals surface area (Å²) in [6.07, 6.45) is 0. The summed E-state index contributed by atoms with van der Waals surface area (Å²) >= 11 is 0. The smallest absolute Gasteiger partial charge is 0.0467 e. The Hall–Kier alpha value is -6.70. The first-order valence-electron chi connectivity index (χ1n) is 17.5. The Morgan fingerprint density at radius 2 is 0.765 bits per heavy atom. The molecule has 0 N–H and O–H groups in total. The van der Waals surface area contributed by atoms with E-state index in [4.69, 9.17) is 0 Å². The molecule has 0 aliphatic rings. The highest BCUT2D eigenvalue weighted by Crippen LogP contribution is 2.42. The van der Waals surface area contributed by atoms with Crippen LogP contribution >= 0.6 is 0 Å². The van der Waals surface area contributed by atoms with Gasteiger partial charge in [-0.15, -0.1) is 0 Å². The minimum absolute atomic E-state index is 1.10. The van der Waals surface area contributed by atoms with E-state index >= 15 is 0 Å². The summed E-state index contributed by atoms with van der Waals surface area (Å²) in [5.74, 6) is 0. The van der Waals surface area contributed by atoms with Gasteiger partial charge in [-0.1, -0.05) is 176 Å². The molecule has 0 saturated carbocycles. The molecule has 0 bridgehead atoms. The molecule has 9 aromatic rings. The van der Waals surface area contributed by atoms with Crippen LogP contribution in [0.2, 0.25) is 0 Å². The first-order valence-corrected chi connectivity index (χ1v) is 17.5. The van der Waals surface area contributed by atoms with E-state index in [2.05, 4.69) is 217 Å². The molecular weight excluding hydrogens is 615 g/mol. The van der Waals surface area contributed by atoms with Crippen LogP contribution in [-0.2, 0) is 0 Å². The lowest BCUT2D eigenvalue weighted by molar-refractivity contribution is 1.28. The Morgan fingerprint density at radius 3 is 1.47 bits per heavy atom. The van der Waals surface area contributed by atoms with Gasteiger partial charge in [0.25, 0.3) is 0 Å². The van der Waals surface area contributed by atoms with E-state index in [1.165, 1.54) is 66.1 Å². The summed E-state index contributed by atoms with van der Waals surface area (Å²) < 4.78 is 0. The Morgan fingerprint density at radius 1 is 0.255 bits per heavy atom. The van der Waals surface area contributed by atoms with Crippen molar-refractivity contribution in [2.45, 2.75) is 0 Å². The van der Waals surface area contributed by atoms with Crippen LogP contribution in [0.5, 0.6) is 0 Å². The summed E-state index contributed by atoms with van der Waals surface area (Å²) in [5, 5.41) is 4.99. The lowest BCUT2D eigenvalue weighted by Crippen LogP contribution is -2.10. The zero-order valence-electron chi connectivity index (χ0n) is 28.2. The van der Waals surface area contributed by atoms with Crippen molar-refractivity contribution in [2.75, 3.05) is 4.90 Å². The second-order valence-electron chi connectivity index (χ2n) is 12.9. The van der Waals surface area contributed by atoms with Crippen molar-refractivity contribution >= 4 is 38.6 Å². The number of rotatable bonds is 7. The Balaban J connectivity index is 1.18. The summed E-state index contributed by atoms with van der Waals surface area (Å²) in [7, 11) is 0. The molecule has 0 radical (unpaired) electrons. The van der Waals surface area contributed by atoms with Crippen LogP contribution in [0.15, 0.2) is 212 Å². The lowest BCUT2D eigenvalue weighted by atomic mass is 9.89. The molecule has 0 spiro atoms. The maximum atomic E-state index is 2.37. The van der Waals surface area contributed by atoms with Crippen molar-refractivity contribution in [2.24, 2.45) is 0 Å². The van der Waals surface area contributed by atoms with Crippen LogP contribution in [-0.4, -0.2) is 0 Å². The molecule has 0 amide bonds. The minimum atomic E-state index is 1.10. The molecule has 0 saturated heterocycles. The molecular formula is C50H35N. The van der Waals surface area contributed by atoms with Gasteiger partial charge in [0.1, 0.15) is 0 Å². The van der Waals surface area contributed by atoms with Gasteiger partial charge >= 0.3 is 0 Å². The predicted molar refractivity (Wildman–Crippen MR) is 218 cm³/mol. The number of hydrogen-bond acceptors (Lipinski definition) is 1. The topological polar surface area (TPSA) is 3.24 Å². The first kappa shape index (κ1) is 30.4. The van der Waals surface area contributed by atoms with Crippen LogP contribution in [0.4, 0.5) is 17.1 Å². The fraction of sp³-hybridized carbons (Fsp3) is 0. The lowest BCUT2D eigenvalue weighted by Gasteiger charge is -2.27. The van der Waals surface area contributed by atoms with Crippen molar-refractivity contribution in [3.8, 4) is 44.5 Å². The number of hydrogen-bond donors (Lipinski definition) is 0. The number of fused-ring (bicyclic) bond motifs is 2. The highest BCUT2D eigenvalue weighted by molar-refractivity contribution is 6.04. The van der Waals surface area contributed by atoms with Gasteiger partial charge in [0.15, 0.2) is 0 Å². The van der Waals surface area contributed by atoms with Gasteiger partial charge in [-0.05, 0) is 102 Å². The zero-order valence-corrected chi connectivity index (χ0v) is 28.2. The summed E-state index contributed by atoms with van der Waals surface area (Å²) in [4.78, 5) is 2.37. The molecule has 51 heavy (non-hydrogen) atoms. The Bertz CT molecular complexity index is 2600. The van der Waals surface area contributed by atoms with Crippen molar-refractivity contribution in [3.05, 3.63) is 212 Å². The third-order valence-corrected chi connectivity index (χ3v) is 9.87. The van der Waals surface area contributed by atoms with Gasteiger partial charge in [-0.25, -0.2) is 0 Å². The number of benzene rings is 9. The van der Waals surface area contributed by atoms with E-state index in [1.54, 1.807) is 0 Å². The van der Waals surface area contributed by atoms with Gasteiger partial charge in [0.2, 0.25) is 0 Å². The zero-order chi connectivity index (χ0) is 34.0. The molecule has 0 atom stereocenters. The van der Waals surface area contributed by atoms with E-state index in [-0.39, 0.29) is 0 Å². The molecule has 0 fully saturated rings. The summed E-state index contributed by atoms with van der Waals surface area (Å²) in [6, 6.07) is 76.6. The maximum absolute atomic E-state index is 2.37. The summed E-state index contributed by atoms with van der Waals surface area (Å²) in [6.45, 7) is 0. The van der Waals surface area contributed by atoms with Crippen molar-refractivity contribution < 1.29 is 0 Å². The maximum Gasteiger partial charge on any atom is 0.0467 e. The van der Waals surface area contributed by atoms with E-state index in [0.29, 0.717) is 0 Å². The molecule has 0 heterocycles. The van der Waals surface area contributed by atoms with E-state index in [1.807, 2.05) is 0 Å². The van der Waals surface area contributed by atoms with E-state index in [9.17, 15) is 0 Å². The van der Waals surface area contributed by atoms with Crippen molar-refractivity contribution in [3.63, 3.8) is 0 Å². The molecule has 0 aliphatic carbocycles. The van der Waals surface area contributed by atoms with Crippen LogP contribution in [0.3, 0.4) is 0 Å². The molecule has 240 valence electrons. The van der Waals surface area contributed by atoms with Gasteiger partial charge in [0, 0.05) is 17.1 Å². The highest BCUT2D eigenvalue weighted by atomic mass is 15.1. The molecule has 0 aliphatic heterocycles. The Kier molecular flexibility index (Phi) is 7.92. The van der Waals surface area contributed by atoms with Crippen LogP contribution in [0.1, 0.15) is 0 Å². The molecule has 1 heteroatoms. The molecule has 0 aromatic heterocycles. The van der Waals surface area contributed by atoms with Crippen LogP contribution < -0.4 is 4.90 Å². The fourth-order valence-corrected chi connectivity index (χ4v) is 7.39.